The van der Waals surface area contributed by atoms with Gasteiger partial charge in [0.1, 0.15) is 12.4 Å². The molecule has 0 radical (unpaired) electrons. The Morgan fingerprint density at radius 1 is 0.821 bits per heavy atom. The molecule has 1 N–H and O–H groups in total. The van der Waals surface area contributed by atoms with Gasteiger partial charge in [-0.05, 0) is 34.9 Å². The highest BCUT2D eigenvalue weighted by Crippen LogP contribution is 2.12. The third-order valence-electron chi connectivity index (χ3n) is 4.41. The molecule has 3 aromatic rings. The Bertz CT molecular complexity index is 902. The lowest BCUT2D eigenvalue weighted by Crippen LogP contribution is -2.18. The number of benzene rings is 2. The summed E-state index contributed by atoms with van der Waals surface area (Å²) in [4.78, 5) is 11.8. The smallest absolute Gasteiger partial charge is 0.250 e. The van der Waals surface area contributed by atoms with Crippen LogP contribution >= 0.6 is 0 Å². The number of nitrogens with zero attached hydrogens (tertiary/aromatic N) is 1. The molecule has 0 saturated heterocycles. The molecule has 28 heavy (non-hydrogen) atoms. The minimum Gasteiger partial charge on any atom is -0.491 e. The number of rotatable bonds is 10. The van der Waals surface area contributed by atoms with Crippen molar-refractivity contribution in [1.29, 1.82) is 0 Å². The van der Waals surface area contributed by atoms with Crippen LogP contribution < -0.4 is 15.6 Å². The summed E-state index contributed by atoms with van der Waals surface area (Å²) in [6.45, 7) is 3.32. The van der Waals surface area contributed by atoms with E-state index in [0.717, 1.165) is 24.4 Å². The summed E-state index contributed by atoms with van der Waals surface area (Å²) in [5.74, 6) is 0.855. The average molecular weight is 378 g/mol. The van der Waals surface area contributed by atoms with E-state index in [2.05, 4.69) is 41.7 Å². The Morgan fingerprint density at radius 2 is 1.46 bits per heavy atom. The van der Waals surface area contributed by atoms with Crippen molar-refractivity contribution in [3.05, 3.63) is 100.0 Å². The quantitative estimate of drug-likeness (QED) is 0.551. The van der Waals surface area contributed by atoms with Crippen molar-refractivity contribution < 1.29 is 9.47 Å². The molecule has 0 aliphatic carbocycles. The van der Waals surface area contributed by atoms with E-state index in [-0.39, 0.29) is 5.56 Å². The lowest BCUT2D eigenvalue weighted by Gasteiger charge is -2.09. The molecule has 0 fully saturated rings. The van der Waals surface area contributed by atoms with Crippen molar-refractivity contribution in [2.75, 3.05) is 20.3 Å². The normalized spacial score (nSPS) is 10.8. The first-order chi connectivity index (χ1) is 13.7. The number of aromatic nitrogens is 1. The predicted molar refractivity (Wildman–Crippen MR) is 111 cm³/mol. The molecular weight excluding hydrogens is 352 g/mol. The molecule has 2 aromatic carbocycles. The fourth-order valence-electron chi connectivity index (χ4n) is 2.85. The standard InChI is InChI=1S/C23H26N2O3/c1-27-14-15-28-22-11-9-20(10-12-22)17-24-16-19-5-7-21(8-6-19)18-25-13-3-2-4-23(25)26/h2-13,24H,14-18H2,1H3. The summed E-state index contributed by atoms with van der Waals surface area (Å²) >= 11 is 0. The Morgan fingerprint density at radius 3 is 2.11 bits per heavy atom. The second-order valence-corrected chi connectivity index (χ2v) is 6.57. The Hall–Kier alpha value is -2.89. The van der Waals surface area contributed by atoms with Gasteiger partial charge >= 0.3 is 0 Å². The lowest BCUT2D eigenvalue weighted by molar-refractivity contribution is 0.146. The van der Waals surface area contributed by atoms with Crippen LogP contribution in [0.25, 0.3) is 0 Å². The van der Waals surface area contributed by atoms with Gasteiger partial charge in [-0.15, -0.1) is 0 Å². The number of hydrogen-bond acceptors (Lipinski definition) is 4. The van der Waals surface area contributed by atoms with Crippen molar-refractivity contribution in [3.63, 3.8) is 0 Å². The molecule has 1 heterocycles. The minimum atomic E-state index is 0.0170. The van der Waals surface area contributed by atoms with Gasteiger partial charge in [-0.1, -0.05) is 42.5 Å². The molecule has 0 aliphatic rings. The van der Waals surface area contributed by atoms with Gasteiger partial charge in [0, 0.05) is 32.5 Å². The van der Waals surface area contributed by atoms with Crippen molar-refractivity contribution >= 4 is 0 Å². The predicted octanol–water partition coefficient (Wildman–Crippen LogP) is 3.21. The molecule has 0 unspecified atom stereocenters. The lowest BCUT2D eigenvalue weighted by atomic mass is 10.1. The van der Waals surface area contributed by atoms with E-state index in [1.165, 1.54) is 11.1 Å². The first-order valence-corrected chi connectivity index (χ1v) is 9.39. The van der Waals surface area contributed by atoms with Crippen molar-refractivity contribution in [2.45, 2.75) is 19.6 Å². The van der Waals surface area contributed by atoms with E-state index >= 15 is 0 Å². The number of nitrogens with one attached hydrogen (secondary N) is 1. The average Bonchev–Trinajstić information content (AvgIpc) is 2.72. The summed E-state index contributed by atoms with van der Waals surface area (Å²) < 4.78 is 12.2. The summed E-state index contributed by atoms with van der Waals surface area (Å²) in [6, 6.07) is 21.6. The van der Waals surface area contributed by atoms with Crippen LogP contribution in [0.5, 0.6) is 5.75 Å². The van der Waals surface area contributed by atoms with Crippen LogP contribution in [0.4, 0.5) is 0 Å². The van der Waals surface area contributed by atoms with Crippen LogP contribution in [-0.4, -0.2) is 24.9 Å². The maximum atomic E-state index is 11.8. The van der Waals surface area contributed by atoms with Crippen LogP contribution in [0.15, 0.2) is 77.7 Å². The molecule has 146 valence electrons. The second kappa shape index (κ2) is 10.4. The van der Waals surface area contributed by atoms with E-state index in [4.69, 9.17) is 9.47 Å². The molecule has 0 bridgehead atoms. The van der Waals surface area contributed by atoms with Gasteiger partial charge in [-0.25, -0.2) is 0 Å². The molecule has 0 spiro atoms. The monoisotopic (exact) mass is 378 g/mol. The highest BCUT2D eigenvalue weighted by atomic mass is 16.5. The molecule has 0 saturated carbocycles. The maximum Gasteiger partial charge on any atom is 0.250 e. The zero-order valence-electron chi connectivity index (χ0n) is 16.1. The van der Waals surface area contributed by atoms with Gasteiger partial charge < -0.3 is 19.4 Å². The van der Waals surface area contributed by atoms with Crippen LogP contribution in [-0.2, 0) is 24.4 Å². The van der Waals surface area contributed by atoms with Crippen molar-refractivity contribution in [3.8, 4) is 5.75 Å². The van der Waals surface area contributed by atoms with E-state index in [1.807, 2.05) is 24.4 Å². The highest BCUT2D eigenvalue weighted by Gasteiger charge is 2.00. The van der Waals surface area contributed by atoms with E-state index in [9.17, 15) is 4.79 Å². The maximum absolute atomic E-state index is 11.8. The van der Waals surface area contributed by atoms with Gasteiger partial charge in [-0.2, -0.15) is 0 Å². The Kier molecular flexibility index (Phi) is 7.41. The molecule has 3 rings (SSSR count). The topological polar surface area (TPSA) is 52.5 Å². The number of pyridine rings is 1. The highest BCUT2D eigenvalue weighted by molar-refractivity contribution is 5.27. The second-order valence-electron chi connectivity index (χ2n) is 6.57. The molecule has 5 heteroatoms. The van der Waals surface area contributed by atoms with E-state index in [1.54, 1.807) is 23.8 Å². The zero-order chi connectivity index (χ0) is 19.6. The van der Waals surface area contributed by atoms with Gasteiger partial charge in [0.15, 0.2) is 0 Å². The Balaban J connectivity index is 1.45. The molecule has 0 aliphatic heterocycles. The third-order valence-corrected chi connectivity index (χ3v) is 4.41. The molecular formula is C23H26N2O3. The number of hydrogen-bond donors (Lipinski definition) is 1. The fourth-order valence-corrected chi connectivity index (χ4v) is 2.85. The minimum absolute atomic E-state index is 0.0170. The number of methoxy groups -OCH3 is 1. The van der Waals surface area contributed by atoms with Crippen molar-refractivity contribution in [1.82, 2.24) is 9.88 Å². The van der Waals surface area contributed by atoms with E-state index in [0.29, 0.717) is 19.8 Å². The molecule has 1 aromatic heterocycles. The largest absolute Gasteiger partial charge is 0.491 e. The summed E-state index contributed by atoms with van der Waals surface area (Å²) in [6.07, 6.45) is 1.81. The summed E-state index contributed by atoms with van der Waals surface area (Å²) in [7, 11) is 1.66. The van der Waals surface area contributed by atoms with E-state index < -0.39 is 0 Å². The summed E-state index contributed by atoms with van der Waals surface area (Å²) in [5, 5.41) is 3.45. The zero-order valence-corrected chi connectivity index (χ0v) is 16.1. The summed E-state index contributed by atoms with van der Waals surface area (Å²) in [5.41, 5.74) is 3.55. The first kappa shape index (κ1) is 19.9. The molecule has 5 nitrogen and oxygen atoms in total. The third kappa shape index (κ3) is 6.08. The van der Waals surface area contributed by atoms with Gasteiger partial charge in [0.05, 0.1) is 13.2 Å². The molecule has 0 atom stereocenters. The van der Waals surface area contributed by atoms with Gasteiger partial charge in [-0.3, -0.25) is 4.79 Å². The first-order valence-electron chi connectivity index (χ1n) is 9.39. The van der Waals surface area contributed by atoms with Crippen LogP contribution in [0.3, 0.4) is 0 Å². The number of ether oxygens (including phenoxy) is 2. The van der Waals surface area contributed by atoms with Crippen LogP contribution in [0.2, 0.25) is 0 Å². The van der Waals surface area contributed by atoms with Crippen molar-refractivity contribution in [2.24, 2.45) is 0 Å². The van der Waals surface area contributed by atoms with Gasteiger partial charge in [0.2, 0.25) is 0 Å². The van der Waals surface area contributed by atoms with Crippen LogP contribution in [0, 0.1) is 0 Å². The van der Waals surface area contributed by atoms with Crippen LogP contribution in [0.1, 0.15) is 16.7 Å². The fraction of sp³-hybridized carbons (Fsp3) is 0.261. The Labute approximate surface area is 165 Å². The molecule has 0 amide bonds. The SMILES string of the molecule is COCCOc1ccc(CNCc2ccc(Cn3ccccc3=O)cc2)cc1. The van der Waals surface area contributed by atoms with Gasteiger partial charge in [0.25, 0.3) is 5.56 Å².